The lowest BCUT2D eigenvalue weighted by atomic mass is 10.0. The lowest BCUT2D eigenvalue weighted by Gasteiger charge is -2.13. The maximum atomic E-state index is 12.9. The van der Waals surface area contributed by atoms with Crippen molar-refractivity contribution in [2.75, 3.05) is 5.32 Å². The molecule has 34 heavy (non-hydrogen) atoms. The smallest absolute Gasteiger partial charge is 0.266 e. The number of nitriles is 1. The van der Waals surface area contributed by atoms with Gasteiger partial charge in [-0.2, -0.15) is 5.26 Å². The number of rotatable bonds is 6. The number of nitrogens with zero attached hydrogens (tertiary/aromatic N) is 1. The summed E-state index contributed by atoms with van der Waals surface area (Å²) in [4.78, 5) is 12.9. The number of carbonyl (C=O) groups is 1. The number of ether oxygens (including phenoxy) is 1. The Morgan fingerprint density at radius 2 is 1.71 bits per heavy atom. The Hall–Kier alpha value is -4.36. The summed E-state index contributed by atoms with van der Waals surface area (Å²) in [5.41, 5.74) is 5.95. The predicted molar refractivity (Wildman–Crippen MR) is 138 cm³/mol. The lowest BCUT2D eigenvalue weighted by molar-refractivity contribution is -0.112. The average molecular weight is 447 g/mol. The molecular formula is C30H26N2O2. The molecule has 0 saturated heterocycles. The zero-order valence-electron chi connectivity index (χ0n) is 19.6. The Balaban J connectivity index is 1.69. The maximum Gasteiger partial charge on any atom is 0.266 e. The van der Waals surface area contributed by atoms with Crippen LogP contribution in [0.1, 0.15) is 27.8 Å². The van der Waals surface area contributed by atoms with Gasteiger partial charge in [-0.05, 0) is 72.5 Å². The minimum Gasteiger partial charge on any atom is -0.488 e. The summed E-state index contributed by atoms with van der Waals surface area (Å²) in [6, 6.07) is 27.5. The van der Waals surface area contributed by atoms with Crippen molar-refractivity contribution in [1.29, 1.82) is 5.26 Å². The van der Waals surface area contributed by atoms with Crippen LogP contribution in [-0.4, -0.2) is 5.91 Å². The molecule has 0 aliphatic carbocycles. The second-order valence-corrected chi connectivity index (χ2v) is 8.40. The van der Waals surface area contributed by atoms with Crippen molar-refractivity contribution in [2.24, 2.45) is 0 Å². The molecule has 4 heteroatoms. The van der Waals surface area contributed by atoms with Gasteiger partial charge >= 0.3 is 0 Å². The zero-order valence-corrected chi connectivity index (χ0v) is 19.6. The van der Waals surface area contributed by atoms with Crippen molar-refractivity contribution in [3.8, 4) is 11.8 Å². The van der Waals surface area contributed by atoms with Crippen molar-refractivity contribution in [2.45, 2.75) is 27.4 Å². The highest BCUT2D eigenvalue weighted by Gasteiger charge is 2.14. The van der Waals surface area contributed by atoms with Crippen LogP contribution in [0.15, 0.2) is 84.4 Å². The third-order valence-corrected chi connectivity index (χ3v) is 5.86. The van der Waals surface area contributed by atoms with E-state index < -0.39 is 5.91 Å². The number of hydrogen-bond acceptors (Lipinski definition) is 3. The molecule has 0 heterocycles. The standard InChI is InChI=1S/C30H26N2O2/c1-20-8-13-26(14-9-20)32-30(33)25(18-31)17-28-27-7-5-4-6-24(27)12-15-29(28)34-19-23-11-10-21(2)22(3)16-23/h4-17H,19H2,1-3H3,(H,32,33)/b25-17+. The van der Waals surface area contributed by atoms with Gasteiger partial charge < -0.3 is 10.1 Å². The lowest BCUT2D eigenvalue weighted by Crippen LogP contribution is -2.13. The minimum absolute atomic E-state index is 0.00737. The van der Waals surface area contributed by atoms with Gasteiger partial charge in [0.2, 0.25) is 0 Å². The molecule has 1 N–H and O–H groups in total. The molecule has 4 nitrogen and oxygen atoms in total. The SMILES string of the molecule is Cc1ccc(NC(=O)/C(C#N)=C/c2c(OCc3ccc(C)c(C)c3)ccc3ccccc23)cc1. The van der Waals surface area contributed by atoms with Gasteiger partial charge in [-0.15, -0.1) is 0 Å². The van der Waals surface area contributed by atoms with E-state index in [4.69, 9.17) is 4.74 Å². The maximum absolute atomic E-state index is 12.9. The fourth-order valence-electron chi connectivity index (χ4n) is 3.73. The van der Waals surface area contributed by atoms with Crippen molar-refractivity contribution in [1.82, 2.24) is 0 Å². The molecule has 0 aliphatic rings. The molecule has 168 valence electrons. The largest absolute Gasteiger partial charge is 0.488 e. The van der Waals surface area contributed by atoms with Gasteiger partial charge in [0.25, 0.3) is 5.91 Å². The second kappa shape index (κ2) is 10.1. The fourth-order valence-corrected chi connectivity index (χ4v) is 3.73. The Morgan fingerprint density at radius 3 is 2.44 bits per heavy atom. The second-order valence-electron chi connectivity index (χ2n) is 8.40. The summed E-state index contributed by atoms with van der Waals surface area (Å²) in [7, 11) is 0. The van der Waals surface area contributed by atoms with Crippen LogP contribution in [0.3, 0.4) is 0 Å². The van der Waals surface area contributed by atoms with E-state index in [9.17, 15) is 10.1 Å². The summed E-state index contributed by atoms with van der Waals surface area (Å²) in [5.74, 6) is 0.159. The van der Waals surface area contributed by atoms with Crippen molar-refractivity contribution < 1.29 is 9.53 Å². The molecule has 0 radical (unpaired) electrons. The first kappa shape index (κ1) is 22.8. The van der Waals surface area contributed by atoms with E-state index in [1.54, 1.807) is 6.08 Å². The van der Waals surface area contributed by atoms with Crippen molar-refractivity contribution in [3.63, 3.8) is 0 Å². The third-order valence-electron chi connectivity index (χ3n) is 5.86. The summed E-state index contributed by atoms with van der Waals surface area (Å²) in [5, 5.41) is 14.5. The van der Waals surface area contributed by atoms with Crippen LogP contribution in [0.2, 0.25) is 0 Å². The third kappa shape index (κ3) is 5.16. The molecule has 1 amide bonds. The van der Waals surface area contributed by atoms with Crippen LogP contribution in [0.5, 0.6) is 5.75 Å². The molecule has 0 atom stereocenters. The minimum atomic E-state index is -0.459. The molecule has 0 saturated carbocycles. The number of nitrogens with one attached hydrogen (secondary N) is 1. The van der Waals surface area contributed by atoms with Gasteiger partial charge in [0, 0.05) is 11.3 Å². The molecule has 4 rings (SSSR count). The molecule has 0 fully saturated rings. The number of benzene rings is 4. The van der Waals surface area contributed by atoms with Crippen LogP contribution < -0.4 is 10.1 Å². The average Bonchev–Trinajstić information content (AvgIpc) is 2.85. The quantitative estimate of drug-likeness (QED) is 0.259. The molecule has 0 unspecified atom stereocenters. The van der Waals surface area contributed by atoms with E-state index >= 15 is 0 Å². The molecule has 0 aliphatic heterocycles. The summed E-state index contributed by atoms with van der Waals surface area (Å²) < 4.78 is 6.20. The van der Waals surface area contributed by atoms with Crippen LogP contribution in [0, 0.1) is 32.1 Å². The Morgan fingerprint density at radius 1 is 0.941 bits per heavy atom. The summed E-state index contributed by atoms with van der Waals surface area (Å²) >= 11 is 0. The van der Waals surface area contributed by atoms with Gasteiger partial charge in [-0.3, -0.25) is 4.79 Å². The molecule has 0 bridgehead atoms. The van der Waals surface area contributed by atoms with E-state index in [0.29, 0.717) is 23.6 Å². The molecule has 0 aromatic heterocycles. The Kier molecular flexibility index (Phi) is 6.75. The van der Waals surface area contributed by atoms with Gasteiger partial charge in [-0.1, -0.05) is 66.2 Å². The van der Waals surface area contributed by atoms with E-state index in [1.165, 1.54) is 11.1 Å². The highest BCUT2D eigenvalue weighted by atomic mass is 16.5. The number of amides is 1. The van der Waals surface area contributed by atoms with Crippen molar-refractivity contribution in [3.05, 3.63) is 112 Å². The zero-order chi connectivity index (χ0) is 24.1. The van der Waals surface area contributed by atoms with Gasteiger partial charge in [0.05, 0.1) is 0 Å². The van der Waals surface area contributed by atoms with Crippen LogP contribution >= 0.6 is 0 Å². The molecular weight excluding hydrogens is 420 g/mol. The van der Waals surface area contributed by atoms with Gasteiger partial charge in [0.1, 0.15) is 24.0 Å². The number of fused-ring (bicyclic) bond motifs is 1. The Labute approximate surface area is 200 Å². The number of hydrogen-bond donors (Lipinski definition) is 1. The number of aryl methyl sites for hydroxylation is 3. The normalized spacial score (nSPS) is 11.2. The van der Waals surface area contributed by atoms with Crippen LogP contribution in [0.4, 0.5) is 5.69 Å². The van der Waals surface area contributed by atoms with E-state index in [0.717, 1.165) is 21.9 Å². The summed E-state index contributed by atoms with van der Waals surface area (Å²) in [6.07, 6.45) is 1.61. The van der Waals surface area contributed by atoms with E-state index in [-0.39, 0.29) is 5.57 Å². The first-order valence-electron chi connectivity index (χ1n) is 11.1. The monoisotopic (exact) mass is 446 g/mol. The molecule has 4 aromatic rings. The highest BCUT2D eigenvalue weighted by Crippen LogP contribution is 2.31. The topological polar surface area (TPSA) is 62.1 Å². The van der Waals surface area contributed by atoms with Crippen LogP contribution in [0.25, 0.3) is 16.8 Å². The Bertz CT molecular complexity index is 1430. The van der Waals surface area contributed by atoms with Crippen LogP contribution in [-0.2, 0) is 11.4 Å². The first-order valence-corrected chi connectivity index (χ1v) is 11.1. The highest BCUT2D eigenvalue weighted by molar-refractivity contribution is 6.11. The fraction of sp³-hybridized carbons (Fsp3) is 0.133. The molecule has 0 spiro atoms. The van der Waals surface area contributed by atoms with E-state index in [2.05, 4.69) is 43.4 Å². The predicted octanol–water partition coefficient (Wildman–Crippen LogP) is 6.89. The van der Waals surface area contributed by atoms with Gasteiger partial charge in [-0.25, -0.2) is 0 Å². The summed E-state index contributed by atoms with van der Waals surface area (Å²) in [6.45, 7) is 6.52. The van der Waals surface area contributed by atoms with Crippen molar-refractivity contribution >= 4 is 28.4 Å². The molecule has 4 aromatic carbocycles. The first-order chi connectivity index (χ1) is 16.4. The number of carbonyl (C=O) groups excluding carboxylic acids is 1. The number of anilines is 1. The van der Waals surface area contributed by atoms with Gasteiger partial charge in [0.15, 0.2) is 0 Å². The van der Waals surface area contributed by atoms with E-state index in [1.807, 2.05) is 67.6 Å².